The number of nitrogens with two attached hydrogens (primary N) is 1. The molecule has 3 N–H and O–H groups in total. The first kappa shape index (κ1) is 21.5. The maximum atomic E-state index is 11.0. The molecule has 1 rings (SSSR count). The van der Waals surface area contributed by atoms with E-state index < -0.39 is 14.2 Å². The Bertz CT molecular complexity index is 551. The molecule has 0 aliphatic carbocycles. The molecule has 0 aromatic heterocycles. The highest BCUT2D eigenvalue weighted by Gasteiger charge is 2.44. The lowest BCUT2D eigenvalue weighted by Gasteiger charge is -2.42. The van der Waals surface area contributed by atoms with Crippen LogP contribution in [0.2, 0.25) is 16.6 Å². The average Bonchev–Trinajstić information content (AvgIpc) is 2.44. The van der Waals surface area contributed by atoms with Crippen LogP contribution in [0.4, 0.5) is 0 Å². The summed E-state index contributed by atoms with van der Waals surface area (Å²) in [5, 5.41) is 9.75. The predicted molar refractivity (Wildman–Crippen MR) is 104 cm³/mol. The van der Waals surface area contributed by atoms with Crippen LogP contribution in [0.1, 0.15) is 47.1 Å². The Hall–Kier alpha value is -1.53. The topological polar surface area (TPSA) is 81.8 Å². The van der Waals surface area contributed by atoms with Gasteiger partial charge in [0, 0.05) is 6.07 Å². The van der Waals surface area contributed by atoms with E-state index in [9.17, 15) is 9.90 Å². The van der Waals surface area contributed by atoms with Crippen molar-refractivity contribution < 1.29 is 19.1 Å². The molecule has 25 heavy (non-hydrogen) atoms. The van der Waals surface area contributed by atoms with E-state index in [-0.39, 0.29) is 12.2 Å². The van der Waals surface area contributed by atoms with Gasteiger partial charge in [0.1, 0.15) is 18.1 Å². The SMILES string of the molecule is CC(C)[Si](OCCOc1cc(O)cc(CC(N)=O)c1)(C(C)C)C(C)C. The number of amides is 1. The first-order valence-corrected chi connectivity index (χ1v) is 11.1. The minimum atomic E-state index is -1.90. The molecule has 1 amide bonds. The van der Waals surface area contributed by atoms with Gasteiger partial charge in [0.2, 0.25) is 5.91 Å². The summed E-state index contributed by atoms with van der Waals surface area (Å²) < 4.78 is 12.2. The molecular weight excluding hydrogens is 334 g/mol. The molecule has 0 unspecified atom stereocenters. The number of hydrogen-bond donors (Lipinski definition) is 2. The van der Waals surface area contributed by atoms with E-state index in [4.69, 9.17) is 14.9 Å². The maximum absolute atomic E-state index is 11.0. The predicted octanol–water partition coefficient (Wildman–Crippen LogP) is 3.99. The highest BCUT2D eigenvalue weighted by Crippen LogP contribution is 2.42. The lowest BCUT2D eigenvalue weighted by molar-refractivity contribution is -0.117. The minimum absolute atomic E-state index is 0.0601. The zero-order chi connectivity index (χ0) is 19.2. The zero-order valence-corrected chi connectivity index (χ0v) is 17.3. The number of benzene rings is 1. The maximum Gasteiger partial charge on any atom is 0.221 e. The van der Waals surface area contributed by atoms with Gasteiger partial charge in [0.05, 0.1) is 13.0 Å². The Labute approximate surface area is 152 Å². The second-order valence-corrected chi connectivity index (χ2v) is 13.0. The van der Waals surface area contributed by atoms with Crippen molar-refractivity contribution in [1.82, 2.24) is 0 Å². The fraction of sp³-hybridized carbons (Fsp3) is 0.632. The van der Waals surface area contributed by atoms with Crippen LogP contribution in [0.3, 0.4) is 0 Å². The van der Waals surface area contributed by atoms with Gasteiger partial charge in [0.15, 0.2) is 8.32 Å². The molecule has 6 heteroatoms. The molecule has 1 aromatic rings. The Kier molecular flexibility index (Phi) is 7.95. The van der Waals surface area contributed by atoms with Crippen molar-refractivity contribution in [3.05, 3.63) is 23.8 Å². The van der Waals surface area contributed by atoms with Crippen molar-refractivity contribution in [1.29, 1.82) is 0 Å². The first-order valence-electron chi connectivity index (χ1n) is 8.97. The van der Waals surface area contributed by atoms with Crippen LogP contribution in [-0.2, 0) is 15.6 Å². The summed E-state index contributed by atoms with van der Waals surface area (Å²) >= 11 is 0. The van der Waals surface area contributed by atoms with E-state index in [1.807, 2.05) is 0 Å². The number of aromatic hydroxyl groups is 1. The molecule has 142 valence electrons. The van der Waals surface area contributed by atoms with Gasteiger partial charge in [-0.05, 0) is 34.3 Å². The lowest BCUT2D eigenvalue weighted by Crippen LogP contribution is -2.48. The Morgan fingerprint density at radius 3 is 2.08 bits per heavy atom. The van der Waals surface area contributed by atoms with Crippen molar-refractivity contribution in [3.8, 4) is 11.5 Å². The number of primary amides is 1. The molecule has 0 bridgehead atoms. The molecule has 0 atom stereocenters. The fourth-order valence-corrected chi connectivity index (χ4v) is 9.34. The number of ether oxygens (including phenoxy) is 1. The molecule has 0 aliphatic rings. The molecule has 0 saturated carbocycles. The second-order valence-electron chi connectivity index (χ2n) is 7.49. The zero-order valence-electron chi connectivity index (χ0n) is 16.3. The van der Waals surface area contributed by atoms with Crippen LogP contribution in [-0.4, -0.2) is 32.5 Å². The molecule has 5 nitrogen and oxygen atoms in total. The summed E-state index contributed by atoms with van der Waals surface area (Å²) in [7, 11) is -1.90. The third-order valence-corrected chi connectivity index (χ3v) is 10.9. The van der Waals surface area contributed by atoms with Crippen LogP contribution in [0.25, 0.3) is 0 Å². The highest BCUT2D eigenvalue weighted by atomic mass is 28.4. The van der Waals surface area contributed by atoms with E-state index >= 15 is 0 Å². The number of carbonyl (C=O) groups excluding carboxylic acids is 1. The summed E-state index contributed by atoms with van der Waals surface area (Å²) in [6.45, 7) is 14.4. The number of phenols is 1. The van der Waals surface area contributed by atoms with Gasteiger partial charge >= 0.3 is 0 Å². The minimum Gasteiger partial charge on any atom is -0.508 e. The highest BCUT2D eigenvalue weighted by molar-refractivity contribution is 6.77. The monoisotopic (exact) mass is 367 g/mol. The van der Waals surface area contributed by atoms with Crippen molar-refractivity contribution in [2.45, 2.75) is 64.6 Å². The van der Waals surface area contributed by atoms with Gasteiger partial charge in [-0.15, -0.1) is 0 Å². The van der Waals surface area contributed by atoms with E-state index in [1.165, 1.54) is 12.1 Å². The summed E-state index contributed by atoms with van der Waals surface area (Å²) in [4.78, 5) is 11.0. The van der Waals surface area contributed by atoms with Gasteiger partial charge < -0.3 is 20.0 Å². The second kappa shape index (κ2) is 9.24. The molecule has 0 radical (unpaired) electrons. The average molecular weight is 368 g/mol. The molecule has 0 heterocycles. The third-order valence-electron chi connectivity index (χ3n) is 4.74. The fourth-order valence-electron chi connectivity index (χ4n) is 3.91. The standard InChI is InChI=1S/C19H33NO4Si/c1-13(2)25(14(3)4,15(5)6)24-8-7-23-18-10-16(11-19(20)22)9-17(21)12-18/h9-10,12-15,21H,7-8,11H2,1-6H3,(H2,20,22). The molecule has 0 aliphatic heterocycles. The van der Waals surface area contributed by atoms with E-state index in [1.54, 1.807) is 6.07 Å². The Morgan fingerprint density at radius 1 is 1.04 bits per heavy atom. The molecule has 0 spiro atoms. The Balaban J connectivity index is 2.70. The summed E-state index contributed by atoms with van der Waals surface area (Å²) in [6, 6.07) is 4.77. The van der Waals surface area contributed by atoms with Gasteiger partial charge in [-0.1, -0.05) is 41.5 Å². The van der Waals surface area contributed by atoms with Crippen LogP contribution >= 0.6 is 0 Å². The summed E-state index contributed by atoms with van der Waals surface area (Å²) in [5.41, 5.74) is 7.41. The van der Waals surface area contributed by atoms with Gasteiger partial charge in [-0.25, -0.2) is 0 Å². The van der Waals surface area contributed by atoms with Crippen LogP contribution in [0.5, 0.6) is 11.5 Å². The van der Waals surface area contributed by atoms with Crippen molar-refractivity contribution in [2.24, 2.45) is 5.73 Å². The molecular formula is C19H33NO4Si. The van der Waals surface area contributed by atoms with Crippen LogP contribution in [0.15, 0.2) is 18.2 Å². The lowest BCUT2D eigenvalue weighted by atomic mass is 10.1. The van der Waals surface area contributed by atoms with E-state index in [0.29, 0.717) is 41.2 Å². The largest absolute Gasteiger partial charge is 0.508 e. The number of rotatable bonds is 10. The van der Waals surface area contributed by atoms with Gasteiger partial charge in [-0.2, -0.15) is 0 Å². The summed E-state index contributed by atoms with van der Waals surface area (Å²) in [5.74, 6) is 0.136. The van der Waals surface area contributed by atoms with Crippen molar-refractivity contribution in [2.75, 3.05) is 13.2 Å². The first-order chi connectivity index (χ1) is 11.6. The number of phenolic OH excluding ortho intramolecular Hbond substituents is 1. The Morgan fingerprint density at radius 2 is 1.60 bits per heavy atom. The van der Waals surface area contributed by atoms with E-state index in [0.717, 1.165) is 0 Å². The van der Waals surface area contributed by atoms with Crippen molar-refractivity contribution >= 4 is 14.2 Å². The van der Waals surface area contributed by atoms with Gasteiger partial charge in [-0.3, -0.25) is 4.79 Å². The summed E-state index contributed by atoms with van der Waals surface area (Å²) in [6.07, 6.45) is 0.0747. The molecule has 0 saturated heterocycles. The molecule has 1 aromatic carbocycles. The molecule has 0 fully saturated rings. The van der Waals surface area contributed by atoms with Crippen LogP contribution in [0, 0.1) is 0 Å². The van der Waals surface area contributed by atoms with Gasteiger partial charge in [0.25, 0.3) is 0 Å². The smallest absolute Gasteiger partial charge is 0.221 e. The van der Waals surface area contributed by atoms with Crippen molar-refractivity contribution in [3.63, 3.8) is 0 Å². The van der Waals surface area contributed by atoms with E-state index in [2.05, 4.69) is 41.5 Å². The number of carbonyl (C=O) groups is 1. The normalized spacial score (nSPS) is 12.2. The van der Waals surface area contributed by atoms with Crippen LogP contribution < -0.4 is 10.5 Å². The quantitative estimate of drug-likeness (QED) is 0.484. The number of hydrogen-bond acceptors (Lipinski definition) is 4. The third kappa shape index (κ3) is 5.75.